The van der Waals surface area contributed by atoms with Crippen LogP contribution in [0.4, 0.5) is 0 Å². The van der Waals surface area contributed by atoms with Crippen molar-refractivity contribution in [2.45, 2.75) is 40.0 Å². The highest BCUT2D eigenvalue weighted by Crippen LogP contribution is 2.35. The molecule has 0 bridgehead atoms. The van der Waals surface area contributed by atoms with Crippen LogP contribution in [0.15, 0.2) is 87.8 Å². The van der Waals surface area contributed by atoms with Gasteiger partial charge in [-0.05, 0) is 71.0 Å². The summed E-state index contributed by atoms with van der Waals surface area (Å²) in [7, 11) is 3.79. The topological polar surface area (TPSA) is 49.1 Å². The summed E-state index contributed by atoms with van der Waals surface area (Å²) in [4.78, 5) is 14.0. The molecule has 1 N–H and O–H groups in total. The molecule has 0 fully saturated rings. The molecule has 0 aliphatic carbocycles. The maximum Gasteiger partial charge on any atom is 0.0514 e. The van der Waals surface area contributed by atoms with Crippen LogP contribution >= 0.6 is 0 Å². The minimum Gasteiger partial charge on any atom is -0.318 e. The van der Waals surface area contributed by atoms with E-state index in [4.69, 9.17) is 4.99 Å². The van der Waals surface area contributed by atoms with Crippen molar-refractivity contribution in [3.05, 3.63) is 106 Å². The Morgan fingerprint density at radius 1 is 0.789 bits per heavy atom. The molecule has 38 heavy (non-hydrogen) atoms. The van der Waals surface area contributed by atoms with Gasteiger partial charge in [0.2, 0.25) is 0 Å². The van der Waals surface area contributed by atoms with Crippen LogP contribution in [-0.2, 0) is 19.3 Å². The fourth-order valence-corrected chi connectivity index (χ4v) is 4.88. The van der Waals surface area contributed by atoms with Crippen molar-refractivity contribution < 1.29 is 0 Å². The molecule has 0 aliphatic rings. The van der Waals surface area contributed by atoms with Gasteiger partial charge in [-0.2, -0.15) is 0 Å². The number of aliphatic imine (C=N–C) groups is 3. The number of hydrogen-bond donors (Lipinski definition) is 1. The van der Waals surface area contributed by atoms with Crippen LogP contribution < -0.4 is 5.32 Å². The lowest BCUT2D eigenvalue weighted by atomic mass is 9.70. The smallest absolute Gasteiger partial charge is 0.0514 e. The molecular weight excluding hydrogens is 464 g/mol. The van der Waals surface area contributed by atoms with E-state index in [2.05, 4.69) is 115 Å². The zero-order valence-electron chi connectivity index (χ0n) is 23.8. The summed E-state index contributed by atoms with van der Waals surface area (Å²) in [6.45, 7) is 9.38. The number of nitrogens with one attached hydrogen (secondary N) is 1. The Morgan fingerprint density at radius 3 is 1.97 bits per heavy atom. The third-order valence-corrected chi connectivity index (χ3v) is 7.53. The van der Waals surface area contributed by atoms with Gasteiger partial charge < -0.3 is 5.32 Å². The molecule has 0 saturated carbocycles. The monoisotopic (exact) mass is 508 g/mol. The van der Waals surface area contributed by atoms with Gasteiger partial charge in [0.15, 0.2) is 0 Å². The second kappa shape index (κ2) is 15.1. The zero-order valence-corrected chi connectivity index (χ0v) is 23.8. The van der Waals surface area contributed by atoms with E-state index in [9.17, 15) is 0 Å². The molecular formula is C34H44N4. The van der Waals surface area contributed by atoms with Gasteiger partial charge in [0.25, 0.3) is 0 Å². The van der Waals surface area contributed by atoms with Crippen LogP contribution in [0, 0.1) is 11.3 Å². The van der Waals surface area contributed by atoms with E-state index in [1.54, 1.807) is 0 Å². The van der Waals surface area contributed by atoms with Crippen LogP contribution in [0.2, 0.25) is 0 Å². The van der Waals surface area contributed by atoms with Crippen molar-refractivity contribution in [3.8, 4) is 0 Å². The second-order valence-electron chi connectivity index (χ2n) is 10.4. The Kier molecular flexibility index (Phi) is 11.6. The van der Waals surface area contributed by atoms with Gasteiger partial charge in [-0.15, -0.1) is 0 Å². The van der Waals surface area contributed by atoms with Crippen LogP contribution in [-0.4, -0.2) is 52.4 Å². The Hall–Kier alpha value is -3.37. The molecule has 3 rings (SSSR count). The van der Waals surface area contributed by atoms with Crippen molar-refractivity contribution in [1.82, 2.24) is 5.32 Å². The summed E-state index contributed by atoms with van der Waals surface area (Å²) in [5.74, 6) is 0.388. The largest absolute Gasteiger partial charge is 0.318 e. The standard InChI is InChI=1S/C34H44N4/c1-6-28-13-7-10-17-32(28)25-38-26-34(3,22-30-15-9-12-16-31(30)23-36-5)27(2)21-29-14-8-11-18-33(29)24-37-20-19-35-4/h7-18,23-25,27,35H,6,19-22,26H2,1-5H3/b36-23?,37-24-,38-25+/t27-,34-/m1/s1. The number of nitrogens with zero attached hydrogens (tertiary/aromatic N) is 3. The number of likely N-dealkylation sites (N-methyl/N-ethyl adjacent to an activating group) is 1. The van der Waals surface area contributed by atoms with Crippen LogP contribution in [0.3, 0.4) is 0 Å². The molecule has 0 aliphatic heterocycles. The molecule has 4 heteroatoms. The van der Waals surface area contributed by atoms with Crippen LogP contribution in [0.1, 0.15) is 54.2 Å². The highest BCUT2D eigenvalue weighted by molar-refractivity contribution is 5.83. The molecule has 2 atom stereocenters. The molecule has 200 valence electrons. The number of benzene rings is 3. The molecule has 4 nitrogen and oxygen atoms in total. The van der Waals surface area contributed by atoms with Gasteiger partial charge in [0.1, 0.15) is 0 Å². The van der Waals surface area contributed by atoms with Gasteiger partial charge in [-0.3, -0.25) is 15.0 Å². The highest BCUT2D eigenvalue weighted by atomic mass is 14.9. The highest BCUT2D eigenvalue weighted by Gasteiger charge is 2.32. The first-order valence-corrected chi connectivity index (χ1v) is 13.8. The van der Waals surface area contributed by atoms with Crippen molar-refractivity contribution in [1.29, 1.82) is 0 Å². The van der Waals surface area contributed by atoms with Crippen molar-refractivity contribution in [2.24, 2.45) is 26.3 Å². The number of rotatable bonds is 14. The van der Waals surface area contributed by atoms with Crippen molar-refractivity contribution in [3.63, 3.8) is 0 Å². The fourth-order valence-electron chi connectivity index (χ4n) is 4.88. The number of aryl methyl sites for hydroxylation is 1. The van der Waals surface area contributed by atoms with E-state index < -0.39 is 0 Å². The van der Waals surface area contributed by atoms with Gasteiger partial charge in [-0.1, -0.05) is 93.6 Å². The summed E-state index contributed by atoms with van der Waals surface area (Å²) < 4.78 is 0. The maximum absolute atomic E-state index is 5.06. The van der Waals surface area contributed by atoms with E-state index in [0.717, 1.165) is 38.9 Å². The van der Waals surface area contributed by atoms with E-state index in [1.165, 1.54) is 33.4 Å². The number of hydrogen-bond acceptors (Lipinski definition) is 4. The average molecular weight is 509 g/mol. The normalized spacial score (nSPS) is 14.4. The molecule has 3 aromatic carbocycles. The lowest BCUT2D eigenvalue weighted by Gasteiger charge is -2.35. The van der Waals surface area contributed by atoms with Gasteiger partial charge in [0.05, 0.1) is 6.54 Å². The lowest BCUT2D eigenvalue weighted by molar-refractivity contribution is 0.209. The Balaban J connectivity index is 1.91. The summed E-state index contributed by atoms with van der Waals surface area (Å²) in [5, 5.41) is 3.16. The Bertz CT molecular complexity index is 1230. The molecule has 0 radical (unpaired) electrons. The third kappa shape index (κ3) is 8.32. The first-order chi connectivity index (χ1) is 18.5. The van der Waals surface area contributed by atoms with Crippen molar-refractivity contribution in [2.75, 3.05) is 33.7 Å². The quantitative estimate of drug-likeness (QED) is 0.197. The average Bonchev–Trinajstić information content (AvgIpc) is 2.93. The maximum atomic E-state index is 5.06. The molecule has 0 heterocycles. The molecule has 3 aromatic rings. The summed E-state index contributed by atoms with van der Waals surface area (Å²) in [6.07, 6.45) is 8.98. The summed E-state index contributed by atoms with van der Waals surface area (Å²) in [6, 6.07) is 25.8. The molecule has 0 spiro atoms. The first-order valence-electron chi connectivity index (χ1n) is 13.8. The Morgan fingerprint density at radius 2 is 1.34 bits per heavy atom. The van der Waals surface area contributed by atoms with Gasteiger partial charge in [0, 0.05) is 38.8 Å². The fraction of sp³-hybridized carbons (Fsp3) is 0.382. The summed E-state index contributed by atoms with van der Waals surface area (Å²) in [5.41, 5.74) is 7.55. The Labute approximate surface area is 230 Å². The summed E-state index contributed by atoms with van der Waals surface area (Å²) >= 11 is 0. The predicted octanol–water partition coefficient (Wildman–Crippen LogP) is 6.48. The first kappa shape index (κ1) is 29.2. The second-order valence-corrected chi connectivity index (χ2v) is 10.4. The molecule has 0 unspecified atom stereocenters. The SMILES string of the molecule is CCc1ccccc1/C=N/C[C@@](C)(Cc1ccccc1C=NC)[C@H](C)Cc1ccccc1/C=N\CCNC. The minimum absolute atomic E-state index is 0.0499. The van der Waals surface area contributed by atoms with E-state index in [0.29, 0.717) is 5.92 Å². The minimum atomic E-state index is -0.0499. The van der Waals surface area contributed by atoms with Gasteiger partial charge in [-0.25, -0.2) is 0 Å². The third-order valence-electron chi connectivity index (χ3n) is 7.53. The van der Waals surface area contributed by atoms with E-state index >= 15 is 0 Å². The van der Waals surface area contributed by atoms with E-state index in [1.807, 2.05) is 26.5 Å². The predicted molar refractivity (Wildman–Crippen MR) is 166 cm³/mol. The molecule has 0 amide bonds. The zero-order chi connectivity index (χ0) is 27.2. The van der Waals surface area contributed by atoms with Crippen LogP contribution in [0.5, 0.6) is 0 Å². The molecule has 0 aromatic heterocycles. The molecule has 0 saturated heterocycles. The van der Waals surface area contributed by atoms with Gasteiger partial charge >= 0.3 is 0 Å². The van der Waals surface area contributed by atoms with Crippen molar-refractivity contribution >= 4 is 18.6 Å². The van der Waals surface area contributed by atoms with E-state index in [-0.39, 0.29) is 5.41 Å². The lowest BCUT2D eigenvalue weighted by Crippen LogP contribution is -2.33. The van der Waals surface area contributed by atoms with Crippen LogP contribution in [0.25, 0.3) is 0 Å².